The molecular weight excluding hydrogens is 364 g/mol. The lowest BCUT2D eigenvalue weighted by Gasteiger charge is -2.34. The first-order chi connectivity index (χ1) is 14.3. The summed E-state index contributed by atoms with van der Waals surface area (Å²) in [5, 5.41) is 1.11. The fourth-order valence-corrected chi connectivity index (χ4v) is 4.51. The van der Waals surface area contributed by atoms with E-state index in [0.29, 0.717) is 25.7 Å². The Morgan fingerprint density at radius 2 is 1.62 bits per heavy atom. The predicted molar refractivity (Wildman–Crippen MR) is 112 cm³/mol. The van der Waals surface area contributed by atoms with Crippen molar-refractivity contribution in [3.05, 3.63) is 71.9 Å². The number of fused-ring (bicyclic) bond motifs is 1. The monoisotopic (exact) mass is 390 g/mol. The second-order valence-corrected chi connectivity index (χ2v) is 7.90. The number of carbonyl (C=O) groups excluding carboxylic acids is 1. The van der Waals surface area contributed by atoms with Crippen LogP contribution in [0.1, 0.15) is 28.9 Å². The molecule has 2 fully saturated rings. The van der Waals surface area contributed by atoms with E-state index in [0.717, 1.165) is 42.5 Å². The van der Waals surface area contributed by atoms with Crippen LogP contribution in [0.5, 0.6) is 0 Å². The van der Waals surface area contributed by atoms with Crippen LogP contribution in [0.3, 0.4) is 0 Å². The summed E-state index contributed by atoms with van der Waals surface area (Å²) in [5.41, 5.74) is 3.06. The lowest BCUT2D eigenvalue weighted by Crippen LogP contribution is -2.42. The number of aromatic nitrogens is 1. The first-order valence-corrected chi connectivity index (χ1v) is 10.4. The van der Waals surface area contributed by atoms with Crippen LogP contribution in [0.2, 0.25) is 0 Å². The molecule has 2 saturated heterocycles. The van der Waals surface area contributed by atoms with Gasteiger partial charge in [-0.05, 0) is 30.5 Å². The molecule has 0 saturated carbocycles. The molecule has 2 aromatic carbocycles. The molecule has 3 aromatic rings. The number of carbonyl (C=O) groups is 1. The van der Waals surface area contributed by atoms with Gasteiger partial charge >= 0.3 is 0 Å². The fraction of sp³-hybridized carbons (Fsp3) is 0.375. The number of benzene rings is 2. The van der Waals surface area contributed by atoms with Crippen molar-refractivity contribution >= 4 is 16.8 Å². The Kier molecular flexibility index (Phi) is 5.08. The third-order valence-corrected chi connectivity index (χ3v) is 6.07. The Labute approximate surface area is 170 Å². The Hall–Kier alpha value is -2.63. The highest BCUT2D eigenvalue weighted by atomic mass is 16.7. The molecule has 0 bridgehead atoms. The fourth-order valence-electron chi connectivity index (χ4n) is 4.51. The normalized spacial score (nSPS) is 18.6. The highest BCUT2D eigenvalue weighted by Gasteiger charge is 2.32. The smallest absolute Gasteiger partial charge is 0.270 e. The van der Waals surface area contributed by atoms with Crippen LogP contribution in [0.4, 0.5) is 0 Å². The van der Waals surface area contributed by atoms with Gasteiger partial charge in [-0.25, -0.2) is 0 Å². The Morgan fingerprint density at radius 3 is 2.38 bits per heavy atom. The molecule has 0 radical (unpaired) electrons. The summed E-state index contributed by atoms with van der Waals surface area (Å²) in [6.45, 7) is 3.56. The zero-order valence-electron chi connectivity index (χ0n) is 16.5. The number of hydrogen-bond acceptors (Lipinski definition) is 3. The van der Waals surface area contributed by atoms with Crippen molar-refractivity contribution < 1.29 is 14.3 Å². The van der Waals surface area contributed by atoms with Crippen LogP contribution in [-0.2, 0) is 16.0 Å². The van der Waals surface area contributed by atoms with Crippen LogP contribution in [-0.4, -0.2) is 48.0 Å². The number of piperidine rings is 1. The molecule has 3 heterocycles. The van der Waals surface area contributed by atoms with Crippen molar-refractivity contribution in [3.63, 3.8) is 0 Å². The highest BCUT2D eigenvalue weighted by molar-refractivity contribution is 5.99. The summed E-state index contributed by atoms with van der Waals surface area (Å²) in [5.74, 6) is 0.501. The number of amides is 1. The van der Waals surface area contributed by atoms with E-state index < -0.39 is 0 Å². The van der Waals surface area contributed by atoms with Gasteiger partial charge in [0, 0.05) is 36.5 Å². The Bertz CT molecular complexity index is 984. The van der Waals surface area contributed by atoms with Crippen molar-refractivity contribution in [1.29, 1.82) is 0 Å². The number of para-hydroxylation sites is 1. The third-order valence-electron chi connectivity index (χ3n) is 6.07. The summed E-state index contributed by atoms with van der Waals surface area (Å²) in [7, 11) is 0. The zero-order valence-corrected chi connectivity index (χ0v) is 16.5. The molecule has 1 aromatic heterocycles. The molecule has 0 N–H and O–H groups in total. The van der Waals surface area contributed by atoms with Crippen molar-refractivity contribution in [2.45, 2.75) is 25.7 Å². The van der Waals surface area contributed by atoms with E-state index in [9.17, 15) is 4.79 Å². The Balaban J connectivity index is 1.39. The Morgan fingerprint density at radius 1 is 0.931 bits per heavy atom. The van der Waals surface area contributed by atoms with Gasteiger partial charge in [-0.3, -0.25) is 4.79 Å². The van der Waals surface area contributed by atoms with Crippen LogP contribution < -0.4 is 0 Å². The topological polar surface area (TPSA) is 43.7 Å². The molecular formula is C24H26N2O3. The van der Waals surface area contributed by atoms with Gasteiger partial charge in [-0.15, -0.1) is 0 Å². The minimum absolute atomic E-state index is 0.0863. The summed E-state index contributed by atoms with van der Waals surface area (Å²) in [4.78, 5) is 15.4. The van der Waals surface area contributed by atoms with E-state index in [2.05, 4.69) is 28.8 Å². The zero-order chi connectivity index (χ0) is 19.6. The molecule has 2 aliphatic heterocycles. The summed E-state index contributed by atoms with van der Waals surface area (Å²) >= 11 is 0. The number of nitrogens with zero attached hydrogens (tertiary/aromatic N) is 2. The van der Waals surface area contributed by atoms with Gasteiger partial charge in [0.2, 0.25) is 0 Å². The number of rotatable bonds is 4. The molecule has 2 aliphatic rings. The summed E-state index contributed by atoms with van der Waals surface area (Å²) in [6.07, 6.45) is 1.77. The molecule has 0 aliphatic carbocycles. The third kappa shape index (κ3) is 3.68. The van der Waals surface area contributed by atoms with Gasteiger partial charge in [0.15, 0.2) is 6.29 Å². The first kappa shape index (κ1) is 18.4. The van der Waals surface area contributed by atoms with E-state index in [4.69, 9.17) is 9.47 Å². The molecule has 5 rings (SSSR count). The molecule has 0 atom stereocenters. The molecule has 5 nitrogen and oxygen atoms in total. The quantitative estimate of drug-likeness (QED) is 0.678. The van der Waals surface area contributed by atoms with E-state index in [-0.39, 0.29) is 12.2 Å². The minimum Gasteiger partial charge on any atom is -0.350 e. The van der Waals surface area contributed by atoms with Gasteiger partial charge in [-0.2, -0.15) is 0 Å². The van der Waals surface area contributed by atoms with Crippen LogP contribution >= 0.6 is 0 Å². The van der Waals surface area contributed by atoms with Crippen molar-refractivity contribution in [1.82, 2.24) is 9.47 Å². The van der Waals surface area contributed by atoms with Crippen LogP contribution in [0.25, 0.3) is 10.9 Å². The van der Waals surface area contributed by atoms with E-state index in [1.54, 1.807) is 0 Å². The molecule has 29 heavy (non-hydrogen) atoms. The summed E-state index contributed by atoms with van der Waals surface area (Å²) in [6, 6.07) is 20.6. The molecule has 0 unspecified atom stereocenters. The largest absolute Gasteiger partial charge is 0.350 e. The SMILES string of the molecule is O=C(c1cc2ccccc2n1Cc1ccccc1)N1CCC(C2OCCO2)CC1. The van der Waals surface area contributed by atoms with Crippen molar-refractivity contribution in [3.8, 4) is 0 Å². The maximum Gasteiger partial charge on any atom is 0.270 e. The van der Waals surface area contributed by atoms with Crippen LogP contribution in [0, 0.1) is 5.92 Å². The van der Waals surface area contributed by atoms with Gasteiger partial charge in [0.05, 0.1) is 13.2 Å². The van der Waals surface area contributed by atoms with E-state index in [1.807, 2.05) is 41.3 Å². The highest BCUT2D eigenvalue weighted by Crippen LogP contribution is 2.28. The predicted octanol–water partition coefficient (Wildman–Crippen LogP) is 3.91. The standard InChI is InChI=1S/C24H26N2O3/c27-23(25-12-10-19(11-13-25)24-28-14-15-29-24)22-16-20-8-4-5-9-21(20)26(22)17-18-6-2-1-3-7-18/h1-9,16,19,24H,10-15,17H2. The lowest BCUT2D eigenvalue weighted by atomic mass is 9.96. The second-order valence-electron chi connectivity index (χ2n) is 7.90. The number of likely N-dealkylation sites (tertiary alicyclic amines) is 1. The maximum atomic E-state index is 13.5. The van der Waals surface area contributed by atoms with Crippen LogP contribution in [0.15, 0.2) is 60.7 Å². The van der Waals surface area contributed by atoms with Gasteiger partial charge in [-0.1, -0.05) is 48.5 Å². The second kappa shape index (κ2) is 8.01. The van der Waals surface area contributed by atoms with Gasteiger partial charge in [0.1, 0.15) is 5.69 Å². The molecule has 150 valence electrons. The van der Waals surface area contributed by atoms with E-state index in [1.165, 1.54) is 5.56 Å². The molecule has 0 spiro atoms. The maximum absolute atomic E-state index is 13.5. The van der Waals surface area contributed by atoms with Gasteiger partial charge in [0.25, 0.3) is 5.91 Å². The summed E-state index contributed by atoms with van der Waals surface area (Å²) < 4.78 is 13.5. The average molecular weight is 390 g/mol. The van der Waals surface area contributed by atoms with Gasteiger partial charge < -0.3 is 18.9 Å². The minimum atomic E-state index is -0.0863. The number of hydrogen-bond donors (Lipinski definition) is 0. The van der Waals surface area contributed by atoms with E-state index >= 15 is 0 Å². The number of ether oxygens (including phenoxy) is 2. The lowest BCUT2D eigenvalue weighted by molar-refractivity contribution is -0.0956. The van der Waals surface area contributed by atoms with Crippen molar-refractivity contribution in [2.24, 2.45) is 5.92 Å². The van der Waals surface area contributed by atoms with Crippen molar-refractivity contribution in [2.75, 3.05) is 26.3 Å². The molecule has 5 heteroatoms. The molecule has 1 amide bonds. The average Bonchev–Trinajstić information content (AvgIpc) is 3.43. The first-order valence-electron chi connectivity index (χ1n) is 10.4.